The first kappa shape index (κ1) is 13.4. The Balaban J connectivity index is 2.47. The predicted molar refractivity (Wildman–Crippen MR) is 58.4 cm³/mol. The van der Waals surface area contributed by atoms with Gasteiger partial charge in [0.15, 0.2) is 0 Å². The quantitative estimate of drug-likeness (QED) is 0.779. The monoisotopic (exact) mass is 245 g/mol. The fourth-order valence-electron chi connectivity index (χ4n) is 1.07. The Labute approximate surface area is 97.5 Å². The smallest absolute Gasteiger partial charge is 0.315 e. The molecule has 0 radical (unpaired) electrons. The molecule has 4 nitrogen and oxygen atoms in total. The molecule has 0 aromatic heterocycles. The van der Waals surface area contributed by atoms with Gasteiger partial charge in [-0.3, -0.25) is 4.79 Å². The van der Waals surface area contributed by atoms with Crippen molar-refractivity contribution in [3.63, 3.8) is 0 Å². The molecule has 0 spiro atoms. The van der Waals surface area contributed by atoms with Crippen molar-refractivity contribution in [1.82, 2.24) is 0 Å². The minimum absolute atomic E-state index is 0.300. The summed E-state index contributed by atoms with van der Waals surface area (Å²) in [6.07, 6.45) is -3.02. The highest BCUT2D eigenvalue weighted by atomic mass is 19.3. The molecule has 17 heavy (non-hydrogen) atoms. The van der Waals surface area contributed by atoms with Crippen LogP contribution in [0.25, 0.3) is 0 Å². The molecule has 0 unspecified atom stereocenters. The Morgan fingerprint density at radius 1 is 1.29 bits per heavy atom. The molecule has 0 saturated heterocycles. The van der Waals surface area contributed by atoms with E-state index < -0.39 is 12.3 Å². The van der Waals surface area contributed by atoms with Crippen LogP contribution in [0.5, 0.6) is 5.75 Å². The molecule has 1 aromatic rings. The number of carbonyl (C=O) groups excluding carboxylic acids is 1. The zero-order valence-corrected chi connectivity index (χ0v) is 9.28. The first-order valence-electron chi connectivity index (χ1n) is 4.94. The van der Waals surface area contributed by atoms with Crippen molar-refractivity contribution in [3.05, 3.63) is 24.3 Å². The third-order valence-electron chi connectivity index (χ3n) is 1.88. The van der Waals surface area contributed by atoms with E-state index in [0.717, 1.165) is 0 Å². The van der Waals surface area contributed by atoms with Crippen molar-refractivity contribution >= 4 is 11.6 Å². The van der Waals surface area contributed by atoms with Crippen LogP contribution in [0.4, 0.5) is 14.5 Å². The Morgan fingerprint density at radius 2 is 1.94 bits per heavy atom. The lowest BCUT2D eigenvalue weighted by atomic mass is 10.3. The van der Waals surface area contributed by atoms with E-state index in [4.69, 9.17) is 9.47 Å². The molecule has 0 heterocycles. The molecule has 0 saturated carbocycles. The van der Waals surface area contributed by atoms with E-state index in [1.807, 2.05) is 0 Å². The Bertz CT molecular complexity index is 354. The summed E-state index contributed by atoms with van der Waals surface area (Å²) in [7, 11) is 1.56. The van der Waals surface area contributed by atoms with Crippen molar-refractivity contribution in [1.29, 1.82) is 0 Å². The number of rotatable bonds is 6. The van der Waals surface area contributed by atoms with Gasteiger partial charge in [-0.25, -0.2) is 0 Å². The predicted octanol–water partition coefficient (Wildman–Crippen LogP) is 1.92. The number of amides is 1. The summed E-state index contributed by atoms with van der Waals surface area (Å²) in [5.41, 5.74) is 0.300. The zero-order chi connectivity index (χ0) is 12.7. The van der Waals surface area contributed by atoms with E-state index in [-0.39, 0.29) is 0 Å². The summed E-state index contributed by atoms with van der Waals surface area (Å²) < 4.78 is 34.0. The molecule has 1 N–H and O–H groups in total. The molecule has 6 heteroatoms. The minimum Gasteiger partial charge on any atom is -0.491 e. The summed E-state index contributed by atoms with van der Waals surface area (Å²) in [5.74, 6) is -0.741. The van der Waals surface area contributed by atoms with Crippen LogP contribution in [0.3, 0.4) is 0 Å². The molecule has 0 bridgehead atoms. The van der Waals surface area contributed by atoms with Crippen LogP contribution in [0.2, 0.25) is 0 Å². The van der Waals surface area contributed by atoms with Crippen LogP contribution < -0.4 is 10.1 Å². The average molecular weight is 245 g/mol. The number of anilines is 1. The number of ether oxygens (including phenoxy) is 2. The SMILES string of the molecule is COCCOc1ccc(NC(=O)C(F)F)cc1. The molecule has 1 aromatic carbocycles. The topological polar surface area (TPSA) is 47.6 Å². The summed E-state index contributed by atoms with van der Waals surface area (Å²) in [6.45, 7) is 0.864. The van der Waals surface area contributed by atoms with Crippen molar-refractivity contribution < 1.29 is 23.0 Å². The molecule has 0 aliphatic carbocycles. The molecule has 94 valence electrons. The molecule has 0 fully saturated rings. The Morgan fingerprint density at radius 3 is 2.47 bits per heavy atom. The maximum absolute atomic E-state index is 11.9. The van der Waals surface area contributed by atoms with Crippen LogP contribution >= 0.6 is 0 Å². The number of hydrogen-bond acceptors (Lipinski definition) is 3. The summed E-state index contributed by atoms with van der Waals surface area (Å²) >= 11 is 0. The molecule has 0 atom stereocenters. The fourth-order valence-corrected chi connectivity index (χ4v) is 1.07. The van der Waals surface area contributed by atoms with Crippen LogP contribution in [-0.2, 0) is 9.53 Å². The zero-order valence-electron chi connectivity index (χ0n) is 9.28. The highest BCUT2D eigenvalue weighted by molar-refractivity contribution is 5.93. The van der Waals surface area contributed by atoms with E-state index in [0.29, 0.717) is 24.7 Å². The van der Waals surface area contributed by atoms with Gasteiger partial charge < -0.3 is 14.8 Å². The first-order valence-corrected chi connectivity index (χ1v) is 4.94. The van der Waals surface area contributed by atoms with Crippen molar-refractivity contribution in [2.75, 3.05) is 25.6 Å². The van der Waals surface area contributed by atoms with Crippen LogP contribution in [0.15, 0.2) is 24.3 Å². The molecule has 0 aliphatic heterocycles. The molecular formula is C11H13F2NO3. The number of hydrogen-bond donors (Lipinski definition) is 1. The Hall–Kier alpha value is -1.69. The van der Waals surface area contributed by atoms with E-state index in [1.54, 1.807) is 19.2 Å². The van der Waals surface area contributed by atoms with Crippen molar-refractivity contribution in [3.8, 4) is 5.75 Å². The number of carbonyl (C=O) groups is 1. The van der Waals surface area contributed by atoms with E-state index in [9.17, 15) is 13.6 Å². The maximum Gasteiger partial charge on any atom is 0.315 e. The number of alkyl halides is 2. The molecular weight excluding hydrogens is 232 g/mol. The lowest BCUT2D eigenvalue weighted by Crippen LogP contribution is -2.19. The second-order valence-corrected chi connectivity index (χ2v) is 3.16. The van der Waals surface area contributed by atoms with Gasteiger partial charge in [0.05, 0.1) is 6.61 Å². The summed E-state index contributed by atoms with van der Waals surface area (Å²) in [4.78, 5) is 10.7. The number of benzene rings is 1. The van der Waals surface area contributed by atoms with Crippen molar-refractivity contribution in [2.24, 2.45) is 0 Å². The summed E-state index contributed by atoms with van der Waals surface area (Å²) in [5, 5.41) is 2.07. The van der Waals surface area contributed by atoms with Crippen molar-refractivity contribution in [2.45, 2.75) is 6.43 Å². The van der Waals surface area contributed by atoms with Gasteiger partial charge in [-0.05, 0) is 24.3 Å². The van der Waals surface area contributed by atoms with Gasteiger partial charge >= 0.3 is 6.43 Å². The van der Waals surface area contributed by atoms with E-state index >= 15 is 0 Å². The molecule has 0 aliphatic rings. The van der Waals surface area contributed by atoms with Gasteiger partial charge in [-0.15, -0.1) is 0 Å². The van der Waals surface area contributed by atoms with Gasteiger partial charge in [0.25, 0.3) is 5.91 Å². The van der Waals surface area contributed by atoms with Gasteiger partial charge in [0.2, 0.25) is 0 Å². The van der Waals surface area contributed by atoms with E-state index in [1.165, 1.54) is 12.1 Å². The van der Waals surface area contributed by atoms with Crippen LogP contribution in [0.1, 0.15) is 0 Å². The highest BCUT2D eigenvalue weighted by Gasteiger charge is 2.14. The van der Waals surface area contributed by atoms with Gasteiger partial charge in [-0.1, -0.05) is 0 Å². The van der Waals surface area contributed by atoms with Gasteiger partial charge in [0.1, 0.15) is 12.4 Å². The number of nitrogens with one attached hydrogen (secondary N) is 1. The van der Waals surface area contributed by atoms with Gasteiger partial charge in [0, 0.05) is 12.8 Å². The lowest BCUT2D eigenvalue weighted by Gasteiger charge is -2.07. The van der Waals surface area contributed by atoms with Crippen LogP contribution in [-0.4, -0.2) is 32.7 Å². The third-order valence-corrected chi connectivity index (χ3v) is 1.88. The molecule has 1 amide bonds. The normalized spacial score (nSPS) is 10.4. The first-order chi connectivity index (χ1) is 8.13. The Kier molecular flexibility index (Phi) is 5.35. The minimum atomic E-state index is -3.02. The second-order valence-electron chi connectivity index (χ2n) is 3.16. The second kappa shape index (κ2) is 6.80. The molecule has 1 rings (SSSR count). The van der Waals surface area contributed by atoms with Crippen LogP contribution in [0, 0.1) is 0 Å². The number of methoxy groups -OCH3 is 1. The fraction of sp³-hybridized carbons (Fsp3) is 0.364. The third kappa shape index (κ3) is 4.78. The lowest BCUT2D eigenvalue weighted by molar-refractivity contribution is -0.126. The summed E-state index contributed by atoms with van der Waals surface area (Å²) in [6, 6.07) is 6.14. The van der Waals surface area contributed by atoms with E-state index in [2.05, 4.69) is 5.32 Å². The standard InChI is InChI=1S/C11H13F2NO3/c1-16-6-7-17-9-4-2-8(3-5-9)14-11(15)10(12)13/h2-5,10H,6-7H2,1H3,(H,14,15). The maximum atomic E-state index is 11.9. The van der Waals surface area contributed by atoms with Gasteiger partial charge in [-0.2, -0.15) is 8.78 Å². The highest BCUT2D eigenvalue weighted by Crippen LogP contribution is 2.16. The number of halogens is 2. The average Bonchev–Trinajstić information content (AvgIpc) is 2.31. The largest absolute Gasteiger partial charge is 0.491 e.